The van der Waals surface area contributed by atoms with Crippen LogP contribution in [0.1, 0.15) is 50.7 Å². The molecule has 1 N–H and O–H groups in total. The number of hydrogen-bond acceptors (Lipinski definition) is 5. The lowest BCUT2D eigenvalue weighted by molar-refractivity contribution is 0.129. The molecule has 0 saturated carbocycles. The van der Waals surface area contributed by atoms with Gasteiger partial charge < -0.3 is 9.84 Å². The van der Waals surface area contributed by atoms with Crippen molar-refractivity contribution >= 4 is 0 Å². The summed E-state index contributed by atoms with van der Waals surface area (Å²) in [7, 11) is 0. The number of nitrogens with zero attached hydrogens (tertiary/aromatic N) is 3. The molecule has 2 saturated heterocycles. The summed E-state index contributed by atoms with van der Waals surface area (Å²) in [6, 6.07) is 2.14. The fourth-order valence-corrected chi connectivity index (χ4v) is 3.59. The molecular formula is C14H24N4O. The van der Waals surface area contributed by atoms with Crippen molar-refractivity contribution in [3.63, 3.8) is 0 Å². The van der Waals surface area contributed by atoms with Gasteiger partial charge in [-0.1, -0.05) is 12.1 Å². The monoisotopic (exact) mass is 264 g/mol. The van der Waals surface area contributed by atoms with Gasteiger partial charge in [-0.3, -0.25) is 4.90 Å². The highest BCUT2D eigenvalue weighted by Crippen LogP contribution is 2.30. The molecule has 0 aromatic carbocycles. The second kappa shape index (κ2) is 5.59. The second-order valence-electron chi connectivity index (χ2n) is 5.96. The van der Waals surface area contributed by atoms with Crippen LogP contribution in [0.4, 0.5) is 0 Å². The van der Waals surface area contributed by atoms with E-state index in [1.54, 1.807) is 0 Å². The van der Waals surface area contributed by atoms with Crippen LogP contribution in [0.5, 0.6) is 0 Å². The van der Waals surface area contributed by atoms with Gasteiger partial charge in [0.15, 0.2) is 5.82 Å². The van der Waals surface area contributed by atoms with Crippen molar-refractivity contribution in [3.05, 3.63) is 11.7 Å². The second-order valence-corrected chi connectivity index (χ2v) is 5.96. The SMILES string of the molecule is CCCN(Cc1noc(C)n1)C1CC2CCC(C1)N2. The minimum atomic E-state index is 0.664. The van der Waals surface area contributed by atoms with Crippen molar-refractivity contribution in [2.24, 2.45) is 0 Å². The van der Waals surface area contributed by atoms with Crippen LogP contribution < -0.4 is 5.32 Å². The molecule has 0 radical (unpaired) electrons. The lowest BCUT2D eigenvalue weighted by Crippen LogP contribution is -2.48. The Morgan fingerprint density at radius 1 is 1.32 bits per heavy atom. The maximum atomic E-state index is 5.09. The Labute approximate surface area is 114 Å². The largest absolute Gasteiger partial charge is 0.340 e. The molecule has 3 rings (SSSR count). The van der Waals surface area contributed by atoms with Gasteiger partial charge in [0.2, 0.25) is 5.89 Å². The van der Waals surface area contributed by atoms with E-state index in [0.29, 0.717) is 11.9 Å². The van der Waals surface area contributed by atoms with Crippen molar-refractivity contribution < 1.29 is 4.52 Å². The third-order valence-electron chi connectivity index (χ3n) is 4.39. The molecule has 5 heteroatoms. The van der Waals surface area contributed by atoms with Gasteiger partial charge >= 0.3 is 0 Å². The molecule has 2 atom stereocenters. The minimum Gasteiger partial charge on any atom is -0.340 e. The van der Waals surface area contributed by atoms with Gasteiger partial charge in [-0.15, -0.1) is 0 Å². The number of fused-ring (bicyclic) bond motifs is 2. The summed E-state index contributed by atoms with van der Waals surface area (Å²) in [6.07, 6.45) is 6.42. The van der Waals surface area contributed by atoms with Gasteiger partial charge in [0, 0.05) is 25.0 Å². The van der Waals surface area contributed by atoms with Gasteiger partial charge in [0.1, 0.15) is 0 Å². The van der Waals surface area contributed by atoms with Crippen LogP contribution >= 0.6 is 0 Å². The zero-order chi connectivity index (χ0) is 13.2. The fraction of sp³-hybridized carbons (Fsp3) is 0.857. The molecule has 2 fully saturated rings. The summed E-state index contributed by atoms with van der Waals surface area (Å²) < 4.78 is 5.09. The summed E-state index contributed by atoms with van der Waals surface area (Å²) in [5.41, 5.74) is 0. The Bertz CT molecular complexity index is 407. The number of rotatable bonds is 5. The van der Waals surface area contributed by atoms with E-state index in [9.17, 15) is 0 Å². The zero-order valence-electron chi connectivity index (χ0n) is 11.9. The molecule has 0 spiro atoms. The highest BCUT2D eigenvalue weighted by molar-refractivity contribution is 4.96. The van der Waals surface area contributed by atoms with E-state index in [0.717, 1.165) is 31.0 Å². The normalized spacial score (nSPS) is 30.2. The van der Waals surface area contributed by atoms with E-state index in [4.69, 9.17) is 4.52 Å². The Morgan fingerprint density at radius 2 is 2.05 bits per heavy atom. The van der Waals surface area contributed by atoms with Crippen LogP contribution in [0.15, 0.2) is 4.52 Å². The summed E-state index contributed by atoms with van der Waals surface area (Å²) in [5.74, 6) is 1.49. The summed E-state index contributed by atoms with van der Waals surface area (Å²) in [5, 5.41) is 7.75. The van der Waals surface area contributed by atoms with E-state index in [1.807, 2.05) is 6.92 Å². The molecule has 19 heavy (non-hydrogen) atoms. The molecule has 2 unspecified atom stereocenters. The first-order valence-corrected chi connectivity index (χ1v) is 7.54. The number of hydrogen-bond donors (Lipinski definition) is 1. The molecule has 0 aliphatic carbocycles. The average molecular weight is 264 g/mol. The lowest BCUT2D eigenvalue weighted by atomic mass is 9.98. The molecular weight excluding hydrogens is 240 g/mol. The lowest BCUT2D eigenvalue weighted by Gasteiger charge is -2.37. The number of piperidine rings is 1. The molecule has 2 bridgehead atoms. The third kappa shape index (κ3) is 2.98. The van der Waals surface area contributed by atoms with Crippen LogP contribution in [0.3, 0.4) is 0 Å². The Balaban J connectivity index is 1.66. The van der Waals surface area contributed by atoms with Gasteiger partial charge in [0.05, 0.1) is 6.54 Å². The Hall–Kier alpha value is -0.940. The summed E-state index contributed by atoms with van der Waals surface area (Å²) in [4.78, 5) is 6.90. The standard InChI is InChI=1S/C14H24N4O/c1-3-6-18(9-14-15-10(2)19-17-14)13-7-11-4-5-12(8-13)16-11/h11-13,16H,3-9H2,1-2H3. The first-order valence-electron chi connectivity index (χ1n) is 7.54. The van der Waals surface area contributed by atoms with Crippen molar-refractivity contribution in [2.45, 2.75) is 70.6 Å². The molecule has 2 aliphatic heterocycles. The molecule has 3 heterocycles. The van der Waals surface area contributed by atoms with E-state index in [1.165, 1.54) is 32.1 Å². The predicted octanol–water partition coefficient (Wildman–Crippen LogP) is 1.87. The smallest absolute Gasteiger partial charge is 0.223 e. The Morgan fingerprint density at radius 3 is 2.63 bits per heavy atom. The molecule has 1 aromatic heterocycles. The molecule has 5 nitrogen and oxygen atoms in total. The number of aryl methyl sites for hydroxylation is 1. The topological polar surface area (TPSA) is 54.2 Å². The van der Waals surface area contributed by atoms with Gasteiger partial charge in [-0.2, -0.15) is 4.98 Å². The van der Waals surface area contributed by atoms with Crippen LogP contribution in [0.25, 0.3) is 0 Å². The zero-order valence-corrected chi connectivity index (χ0v) is 11.9. The Kier molecular flexibility index (Phi) is 3.84. The summed E-state index contributed by atoms with van der Waals surface area (Å²) in [6.45, 7) is 6.04. The third-order valence-corrected chi connectivity index (χ3v) is 4.39. The molecule has 106 valence electrons. The van der Waals surface area contributed by atoms with E-state index in [2.05, 4.69) is 27.3 Å². The van der Waals surface area contributed by atoms with Gasteiger partial charge in [-0.25, -0.2) is 0 Å². The number of nitrogens with one attached hydrogen (secondary N) is 1. The van der Waals surface area contributed by atoms with E-state index in [-0.39, 0.29) is 0 Å². The number of aromatic nitrogens is 2. The minimum absolute atomic E-state index is 0.664. The fourth-order valence-electron chi connectivity index (χ4n) is 3.59. The van der Waals surface area contributed by atoms with Crippen molar-refractivity contribution in [1.82, 2.24) is 20.4 Å². The first-order chi connectivity index (χ1) is 9.24. The van der Waals surface area contributed by atoms with Gasteiger partial charge in [0.25, 0.3) is 0 Å². The average Bonchev–Trinajstić information content (AvgIpc) is 2.95. The predicted molar refractivity (Wildman–Crippen MR) is 72.7 cm³/mol. The molecule has 0 amide bonds. The maximum Gasteiger partial charge on any atom is 0.223 e. The van der Waals surface area contributed by atoms with Crippen molar-refractivity contribution in [1.29, 1.82) is 0 Å². The van der Waals surface area contributed by atoms with Crippen LogP contribution in [0.2, 0.25) is 0 Å². The van der Waals surface area contributed by atoms with E-state index >= 15 is 0 Å². The first kappa shape index (κ1) is 13.1. The van der Waals surface area contributed by atoms with Crippen LogP contribution in [-0.2, 0) is 6.54 Å². The van der Waals surface area contributed by atoms with Gasteiger partial charge in [-0.05, 0) is 38.6 Å². The van der Waals surface area contributed by atoms with E-state index < -0.39 is 0 Å². The highest BCUT2D eigenvalue weighted by Gasteiger charge is 2.36. The molecule has 2 aliphatic rings. The van der Waals surface area contributed by atoms with Crippen LogP contribution in [-0.4, -0.2) is 39.7 Å². The highest BCUT2D eigenvalue weighted by atomic mass is 16.5. The maximum absolute atomic E-state index is 5.09. The molecule has 1 aromatic rings. The van der Waals surface area contributed by atoms with Crippen molar-refractivity contribution in [2.75, 3.05) is 6.54 Å². The quantitative estimate of drug-likeness (QED) is 0.880. The summed E-state index contributed by atoms with van der Waals surface area (Å²) >= 11 is 0. The van der Waals surface area contributed by atoms with Crippen molar-refractivity contribution in [3.8, 4) is 0 Å². The van der Waals surface area contributed by atoms with Crippen LogP contribution in [0, 0.1) is 6.92 Å².